The largest absolute Gasteiger partial charge is 0.298 e. The van der Waals surface area contributed by atoms with Crippen LogP contribution in [0.4, 0.5) is 5.13 Å². The summed E-state index contributed by atoms with van der Waals surface area (Å²) in [5, 5.41) is 5.23. The molecule has 1 aliphatic heterocycles. The van der Waals surface area contributed by atoms with Crippen LogP contribution in [-0.2, 0) is 10.0 Å². The van der Waals surface area contributed by atoms with Crippen molar-refractivity contribution >= 4 is 32.4 Å². The molecule has 0 aliphatic carbocycles. The smallest absolute Gasteiger partial charge is 0.257 e. The molecule has 1 aromatic heterocycles. The zero-order valence-electron chi connectivity index (χ0n) is 18.5. The molecule has 3 aromatic rings. The minimum absolute atomic E-state index is 0.00635. The number of anilines is 1. The van der Waals surface area contributed by atoms with E-state index in [1.54, 1.807) is 16.4 Å². The number of rotatable bonds is 5. The van der Waals surface area contributed by atoms with Crippen LogP contribution >= 0.6 is 11.3 Å². The standard InChI is InChI=1S/C24H27N3O3S2/c1-16-7-8-20(14-17(16)2)22-15-31-24(25-22)26-23(28)19-9-11-21(12-10-19)32(29,30)27-13-5-4-6-18(27)3/h7-12,14-15,18H,4-6,13H2,1-3H3,(H,25,26,28). The van der Waals surface area contributed by atoms with Gasteiger partial charge in [0.25, 0.3) is 5.91 Å². The van der Waals surface area contributed by atoms with Crippen molar-refractivity contribution < 1.29 is 13.2 Å². The van der Waals surface area contributed by atoms with E-state index in [1.807, 2.05) is 18.4 Å². The van der Waals surface area contributed by atoms with Crippen LogP contribution in [0.5, 0.6) is 0 Å². The molecule has 1 amide bonds. The van der Waals surface area contributed by atoms with Crippen LogP contribution in [0.3, 0.4) is 0 Å². The molecule has 0 saturated carbocycles. The van der Waals surface area contributed by atoms with Gasteiger partial charge in [-0.1, -0.05) is 18.6 Å². The molecule has 1 saturated heterocycles. The van der Waals surface area contributed by atoms with E-state index in [4.69, 9.17) is 0 Å². The zero-order chi connectivity index (χ0) is 22.9. The lowest BCUT2D eigenvalue weighted by Crippen LogP contribution is -2.41. The van der Waals surface area contributed by atoms with E-state index >= 15 is 0 Å². The van der Waals surface area contributed by atoms with Crippen LogP contribution < -0.4 is 5.32 Å². The van der Waals surface area contributed by atoms with Gasteiger partial charge in [0.2, 0.25) is 10.0 Å². The Kier molecular flexibility index (Phi) is 6.46. The fourth-order valence-electron chi connectivity index (χ4n) is 3.88. The molecule has 168 valence electrons. The summed E-state index contributed by atoms with van der Waals surface area (Å²) in [5.74, 6) is -0.318. The Labute approximate surface area is 193 Å². The van der Waals surface area contributed by atoms with Crippen molar-refractivity contribution in [1.29, 1.82) is 0 Å². The summed E-state index contributed by atoms with van der Waals surface area (Å²) in [6.45, 7) is 6.61. The van der Waals surface area contributed by atoms with Crippen molar-refractivity contribution in [3.63, 3.8) is 0 Å². The van der Waals surface area contributed by atoms with Crippen LogP contribution in [0.15, 0.2) is 52.7 Å². The lowest BCUT2D eigenvalue weighted by molar-refractivity contribution is 0.102. The molecule has 6 nitrogen and oxygen atoms in total. The molecular weight excluding hydrogens is 442 g/mol. The lowest BCUT2D eigenvalue weighted by atomic mass is 10.1. The first-order valence-electron chi connectivity index (χ1n) is 10.7. The summed E-state index contributed by atoms with van der Waals surface area (Å²) >= 11 is 1.36. The third-order valence-corrected chi connectivity index (χ3v) is 8.78. The summed E-state index contributed by atoms with van der Waals surface area (Å²) in [7, 11) is -3.56. The number of nitrogens with one attached hydrogen (secondary N) is 1. The molecule has 1 N–H and O–H groups in total. The summed E-state index contributed by atoms with van der Waals surface area (Å²) in [6.07, 6.45) is 2.80. The number of thiazole rings is 1. The van der Waals surface area contributed by atoms with E-state index in [9.17, 15) is 13.2 Å². The predicted octanol–water partition coefficient (Wildman–Crippen LogP) is 5.24. The molecule has 4 rings (SSSR count). The molecule has 1 unspecified atom stereocenters. The lowest BCUT2D eigenvalue weighted by Gasteiger charge is -2.32. The summed E-state index contributed by atoms with van der Waals surface area (Å²) in [4.78, 5) is 17.4. The van der Waals surface area contributed by atoms with Gasteiger partial charge in [0.15, 0.2) is 5.13 Å². The Morgan fingerprint density at radius 1 is 1.09 bits per heavy atom. The Morgan fingerprint density at radius 3 is 2.53 bits per heavy atom. The van der Waals surface area contributed by atoms with E-state index in [2.05, 4.69) is 36.3 Å². The van der Waals surface area contributed by atoms with E-state index in [-0.39, 0.29) is 16.8 Å². The van der Waals surface area contributed by atoms with Gasteiger partial charge in [-0.25, -0.2) is 13.4 Å². The third kappa shape index (κ3) is 4.62. The highest BCUT2D eigenvalue weighted by Crippen LogP contribution is 2.28. The minimum Gasteiger partial charge on any atom is -0.298 e. The zero-order valence-corrected chi connectivity index (χ0v) is 20.1. The van der Waals surface area contributed by atoms with Crippen molar-refractivity contribution in [2.45, 2.75) is 51.0 Å². The maximum Gasteiger partial charge on any atom is 0.257 e. The predicted molar refractivity (Wildman–Crippen MR) is 129 cm³/mol. The van der Waals surface area contributed by atoms with Gasteiger partial charge in [-0.3, -0.25) is 10.1 Å². The number of carbonyl (C=O) groups is 1. The number of nitrogens with zero attached hydrogens (tertiary/aromatic N) is 2. The molecule has 2 aromatic carbocycles. The van der Waals surface area contributed by atoms with Crippen LogP contribution in [0, 0.1) is 13.8 Å². The second kappa shape index (κ2) is 9.13. The number of aromatic nitrogens is 1. The van der Waals surface area contributed by atoms with Gasteiger partial charge >= 0.3 is 0 Å². The van der Waals surface area contributed by atoms with Crippen molar-refractivity contribution in [3.05, 3.63) is 64.5 Å². The van der Waals surface area contributed by atoms with Crippen LogP contribution in [0.1, 0.15) is 47.7 Å². The first-order valence-corrected chi connectivity index (χ1v) is 13.0. The van der Waals surface area contributed by atoms with Gasteiger partial charge in [0.1, 0.15) is 0 Å². The van der Waals surface area contributed by atoms with Gasteiger partial charge < -0.3 is 0 Å². The average molecular weight is 470 g/mol. The second-order valence-corrected chi connectivity index (χ2v) is 11.0. The number of sulfonamides is 1. The van der Waals surface area contributed by atoms with Crippen molar-refractivity contribution in [2.75, 3.05) is 11.9 Å². The molecule has 1 fully saturated rings. The highest BCUT2D eigenvalue weighted by atomic mass is 32.2. The molecular formula is C24H27N3O3S2. The van der Waals surface area contributed by atoms with Crippen LogP contribution in [0.25, 0.3) is 11.3 Å². The number of hydrogen-bond donors (Lipinski definition) is 1. The highest BCUT2D eigenvalue weighted by molar-refractivity contribution is 7.89. The Hall–Kier alpha value is -2.55. The summed E-state index contributed by atoms with van der Waals surface area (Å²) in [6, 6.07) is 12.3. The number of piperidine rings is 1. The Balaban J connectivity index is 1.46. The quantitative estimate of drug-likeness (QED) is 0.554. The molecule has 8 heteroatoms. The minimum atomic E-state index is -3.56. The highest BCUT2D eigenvalue weighted by Gasteiger charge is 2.30. The number of aryl methyl sites for hydroxylation is 2. The van der Waals surface area contributed by atoms with Crippen molar-refractivity contribution in [1.82, 2.24) is 9.29 Å². The Morgan fingerprint density at radius 2 is 1.84 bits per heavy atom. The number of benzene rings is 2. The summed E-state index contributed by atoms with van der Waals surface area (Å²) in [5.41, 5.74) is 4.61. The van der Waals surface area contributed by atoms with E-state index in [1.165, 1.54) is 34.6 Å². The fraction of sp³-hybridized carbons (Fsp3) is 0.333. The van der Waals surface area contributed by atoms with Gasteiger partial charge in [-0.2, -0.15) is 4.31 Å². The van der Waals surface area contributed by atoms with Gasteiger partial charge in [0.05, 0.1) is 10.6 Å². The molecule has 0 bridgehead atoms. The fourth-order valence-corrected chi connectivity index (χ4v) is 6.29. The van der Waals surface area contributed by atoms with Gasteiger partial charge in [-0.15, -0.1) is 11.3 Å². The molecule has 2 heterocycles. The molecule has 0 spiro atoms. The second-order valence-electron chi connectivity index (χ2n) is 8.28. The summed E-state index contributed by atoms with van der Waals surface area (Å²) < 4.78 is 27.5. The maximum atomic E-state index is 13.0. The molecule has 0 radical (unpaired) electrons. The SMILES string of the molecule is Cc1ccc(-c2csc(NC(=O)c3ccc(S(=O)(=O)N4CCCCC4C)cc3)n2)cc1C. The van der Waals surface area contributed by atoms with Crippen LogP contribution in [0.2, 0.25) is 0 Å². The van der Waals surface area contributed by atoms with E-state index < -0.39 is 10.0 Å². The normalized spacial score (nSPS) is 17.3. The van der Waals surface area contributed by atoms with Crippen LogP contribution in [-0.4, -0.2) is 36.2 Å². The first-order chi connectivity index (χ1) is 15.3. The molecule has 32 heavy (non-hydrogen) atoms. The first kappa shape index (κ1) is 22.6. The topological polar surface area (TPSA) is 79.4 Å². The maximum absolute atomic E-state index is 13.0. The van der Waals surface area contributed by atoms with Gasteiger partial charge in [0, 0.05) is 29.1 Å². The molecule has 1 aliphatic rings. The van der Waals surface area contributed by atoms with E-state index in [0.29, 0.717) is 17.2 Å². The number of carbonyl (C=O) groups excluding carboxylic acids is 1. The number of amides is 1. The van der Waals surface area contributed by atoms with Crippen molar-refractivity contribution in [3.8, 4) is 11.3 Å². The Bertz CT molecular complexity index is 1230. The monoisotopic (exact) mass is 469 g/mol. The number of hydrogen-bond acceptors (Lipinski definition) is 5. The third-order valence-electron chi connectivity index (χ3n) is 5.99. The van der Waals surface area contributed by atoms with E-state index in [0.717, 1.165) is 30.5 Å². The van der Waals surface area contributed by atoms with Gasteiger partial charge in [-0.05, 0) is 75.1 Å². The molecule has 1 atom stereocenters. The van der Waals surface area contributed by atoms with Crippen molar-refractivity contribution in [2.24, 2.45) is 0 Å². The average Bonchev–Trinajstić information content (AvgIpc) is 3.24.